The maximum Gasteiger partial charge on any atom is 0.223 e. The Balaban J connectivity index is 1.12. The molecule has 39 heavy (non-hydrogen) atoms. The molecule has 1 aliphatic carbocycles. The summed E-state index contributed by atoms with van der Waals surface area (Å²) in [6.07, 6.45) is 14.6. The molecule has 0 saturated heterocycles. The van der Waals surface area contributed by atoms with Gasteiger partial charge >= 0.3 is 0 Å². The predicted molar refractivity (Wildman–Crippen MR) is 140 cm³/mol. The van der Waals surface area contributed by atoms with Crippen LogP contribution in [0.5, 0.6) is 0 Å². The Morgan fingerprint density at radius 3 is 2.56 bits per heavy atom. The third-order valence-electron chi connectivity index (χ3n) is 7.40. The van der Waals surface area contributed by atoms with Crippen LogP contribution in [-0.2, 0) is 18.4 Å². The normalized spacial score (nSPS) is 17.3. The van der Waals surface area contributed by atoms with Crippen molar-refractivity contribution >= 4 is 11.4 Å². The van der Waals surface area contributed by atoms with E-state index in [4.69, 9.17) is 0 Å². The summed E-state index contributed by atoms with van der Waals surface area (Å²) >= 11 is 0. The van der Waals surface area contributed by atoms with E-state index in [0.717, 1.165) is 59.7 Å². The minimum Gasteiger partial charge on any atom is -0.352 e. The van der Waals surface area contributed by atoms with Gasteiger partial charge in [-0.15, -0.1) is 0 Å². The molecule has 0 bridgehead atoms. The first-order valence-corrected chi connectivity index (χ1v) is 12.8. The second-order valence-electron chi connectivity index (χ2n) is 9.94. The Hall–Kier alpha value is -4.85. The molecule has 1 saturated carbocycles. The van der Waals surface area contributed by atoms with E-state index in [2.05, 4.69) is 37.7 Å². The Morgan fingerprint density at radius 2 is 1.90 bits per heavy atom. The fourth-order valence-electron chi connectivity index (χ4n) is 5.36. The predicted octanol–water partition coefficient (Wildman–Crippen LogP) is 3.92. The molecule has 0 unspecified atom stereocenters. The molecule has 5 aromatic rings. The van der Waals surface area contributed by atoms with Crippen LogP contribution in [0.3, 0.4) is 0 Å². The monoisotopic (exact) mass is 523 g/mol. The largest absolute Gasteiger partial charge is 0.352 e. The van der Waals surface area contributed by atoms with E-state index in [0.29, 0.717) is 17.9 Å². The molecule has 6 rings (SSSR count). The molecule has 0 radical (unpaired) electrons. The van der Waals surface area contributed by atoms with Gasteiger partial charge in [-0.2, -0.15) is 20.6 Å². The van der Waals surface area contributed by atoms with Crippen LogP contribution in [0.2, 0.25) is 0 Å². The maximum atomic E-state index is 13.2. The number of carbonyl (C=O) groups is 1. The molecule has 0 aliphatic heterocycles. The molecule has 11 heteroatoms. The van der Waals surface area contributed by atoms with Gasteiger partial charge < -0.3 is 5.32 Å². The van der Waals surface area contributed by atoms with Crippen LogP contribution in [0.25, 0.3) is 22.5 Å². The highest BCUT2D eigenvalue weighted by atomic mass is 19.1. The fourth-order valence-corrected chi connectivity index (χ4v) is 5.36. The van der Waals surface area contributed by atoms with Gasteiger partial charge in [-0.25, -0.2) is 18.6 Å². The Kier molecular flexibility index (Phi) is 6.36. The number of amides is 1. The number of carbonyl (C=O) groups excluding carboxylic acids is 1. The first-order chi connectivity index (χ1) is 19.0. The van der Waals surface area contributed by atoms with Crippen LogP contribution >= 0.6 is 0 Å². The molecule has 1 amide bonds. The molecule has 1 fully saturated rings. The Labute approximate surface area is 223 Å². The highest BCUT2D eigenvalue weighted by molar-refractivity contribution is 5.79. The van der Waals surface area contributed by atoms with Crippen molar-refractivity contribution in [1.82, 2.24) is 39.5 Å². The zero-order valence-corrected chi connectivity index (χ0v) is 21.3. The number of aryl methyl sites for hydroxylation is 1. The van der Waals surface area contributed by atoms with E-state index in [1.807, 2.05) is 31.7 Å². The minimum atomic E-state index is -0.427. The zero-order valence-electron chi connectivity index (χ0n) is 21.3. The molecule has 0 aromatic carbocycles. The first kappa shape index (κ1) is 24.5. The number of nitrogens with one attached hydrogen (secondary N) is 1. The van der Waals surface area contributed by atoms with Crippen LogP contribution < -0.4 is 5.32 Å². The van der Waals surface area contributed by atoms with Gasteiger partial charge in [0, 0.05) is 49.2 Å². The van der Waals surface area contributed by atoms with Gasteiger partial charge in [0.15, 0.2) is 11.6 Å². The van der Waals surface area contributed by atoms with Gasteiger partial charge in [-0.3, -0.25) is 9.48 Å². The lowest BCUT2D eigenvalue weighted by Gasteiger charge is -2.29. The van der Waals surface area contributed by atoms with Crippen molar-refractivity contribution in [2.45, 2.75) is 38.1 Å². The molecule has 5 heterocycles. The SMILES string of the molecule is Cn1cc(-c2cc(C3CCC(C(=O)NCc4ccc(-n5cc(F)cn5)nc4)CC3)c3c(C#N)cnn3c2)cn1. The molecular weight excluding hydrogens is 497 g/mol. The molecular formula is C28H26FN9O. The lowest BCUT2D eigenvalue weighted by Crippen LogP contribution is -2.32. The first-order valence-electron chi connectivity index (χ1n) is 12.8. The third-order valence-corrected chi connectivity index (χ3v) is 7.40. The van der Waals surface area contributed by atoms with Crippen molar-refractivity contribution in [3.63, 3.8) is 0 Å². The van der Waals surface area contributed by atoms with Crippen LogP contribution in [0.15, 0.2) is 61.6 Å². The van der Waals surface area contributed by atoms with Gasteiger partial charge in [0.1, 0.15) is 6.07 Å². The zero-order chi connectivity index (χ0) is 26.9. The van der Waals surface area contributed by atoms with Crippen molar-refractivity contribution in [3.05, 3.63) is 84.1 Å². The number of halogens is 1. The molecule has 0 atom stereocenters. The van der Waals surface area contributed by atoms with E-state index in [1.165, 1.54) is 10.9 Å². The van der Waals surface area contributed by atoms with Crippen molar-refractivity contribution in [3.8, 4) is 23.0 Å². The lowest BCUT2D eigenvalue weighted by molar-refractivity contribution is -0.126. The van der Waals surface area contributed by atoms with Crippen LogP contribution in [-0.4, -0.2) is 40.1 Å². The molecule has 0 spiro atoms. The summed E-state index contributed by atoms with van der Waals surface area (Å²) < 4.78 is 18.1. The number of hydrogen-bond donors (Lipinski definition) is 1. The van der Waals surface area contributed by atoms with Crippen molar-refractivity contribution in [2.24, 2.45) is 13.0 Å². The number of pyridine rings is 2. The van der Waals surface area contributed by atoms with Crippen molar-refractivity contribution in [1.29, 1.82) is 5.26 Å². The van der Waals surface area contributed by atoms with Crippen molar-refractivity contribution < 1.29 is 9.18 Å². The number of nitriles is 1. The molecule has 10 nitrogen and oxygen atoms in total. The summed E-state index contributed by atoms with van der Waals surface area (Å²) in [6.45, 7) is 0.370. The number of rotatable bonds is 6. The van der Waals surface area contributed by atoms with E-state index >= 15 is 0 Å². The van der Waals surface area contributed by atoms with E-state index in [9.17, 15) is 14.4 Å². The average Bonchev–Trinajstić information content (AvgIpc) is 3.71. The van der Waals surface area contributed by atoms with Gasteiger partial charge in [-0.05, 0) is 54.9 Å². The quantitative estimate of drug-likeness (QED) is 0.360. The Bertz CT molecular complexity index is 1680. The van der Waals surface area contributed by atoms with E-state index in [-0.39, 0.29) is 17.7 Å². The molecule has 1 N–H and O–H groups in total. The summed E-state index contributed by atoms with van der Waals surface area (Å²) in [5.41, 5.74) is 5.32. The second kappa shape index (κ2) is 10.1. The summed E-state index contributed by atoms with van der Waals surface area (Å²) in [6, 6.07) is 8.01. The number of aromatic nitrogens is 7. The number of fused-ring (bicyclic) bond motifs is 1. The third kappa shape index (κ3) is 4.88. The average molecular weight is 524 g/mol. The van der Waals surface area contributed by atoms with Gasteiger partial charge in [0.25, 0.3) is 0 Å². The van der Waals surface area contributed by atoms with E-state index in [1.54, 1.807) is 27.7 Å². The smallest absolute Gasteiger partial charge is 0.223 e. The summed E-state index contributed by atoms with van der Waals surface area (Å²) in [5.74, 6) is 0.262. The Morgan fingerprint density at radius 1 is 1.05 bits per heavy atom. The maximum absolute atomic E-state index is 13.2. The van der Waals surface area contributed by atoms with Crippen LogP contribution in [0.1, 0.15) is 48.3 Å². The van der Waals surface area contributed by atoms with Gasteiger partial charge in [-0.1, -0.05) is 6.07 Å². The lowest BCUT2D eigenvalue weighted by atomic mass is 9.77. The van der Waals surface area contributed by atoms with Crippen LogP contribution in [0, 0.1) is 23.1 Å². The highest BCUT2D eigenvalue weighted by Gasteiger charge is 2.29. The van der Waals surface area contributed by atoms with Gasteiger partial charge in [0.2, 0.25) is 5.91 Å². The summed E-state index contributed by atoms with van der Waals surface area (Å²) in [7, 11) is 1.88. The number of nitrogens with zero attached hydrogens (tertiary/aromatic N) is 8. The summed E-state index contributed by atoms with van der Waals surface area (Å²) in [4.78, 5) is 17.3. The second-order valence-corrected chi connectivity index (χ2v) is 9.94. The minimum absolute atomic E-state index is 0.0306. The standard InChI is InChI=1S/C28H26FN9O/c1-36-15-23(13-33-36)21-8-25(27-22(9-30)12-34-38(27)16-21)19-3-5-20(6-4-19)28(39)32-11-18-2-7-26(31-10-18)37-17-24(29)14-35-37/h2,7-8,10,12-17,19-20H,3-6,11H2,1H3,(H,32,39). The van der Waals surface area contributed by atoms with Crippen molar-refractivity contribution in [2.75, 3.05) is 0 Å². The molecule has 196 valence electrons. The fraction of sp³-hybridized carbons (Fsp3) is 0.286. The van der Waals surface area contributed by atoms with E-state index < -0.39 is 5.82 Å². The topological polar surface area (TPSA) is 119 Å². The highest BCUT2D eigenvalue weighted by Crippen LogP contribution is 2.39. The van der Waals surface area contributed by atoms with Gasteiger partial charge in [0.05, 0.1) is 35.9 Å². The van der Waals surface area contributed by atoms with Crippen LogP contribution in [0.4, 0.5) is 4.39 Å². The molecule has 1 aliphatic rings. The molecule has 5 aromatic heterocycles. The number of hydrogen-bond acceptors (Lipinski definition) is 6. The summed E-state index contributed by atoms with van der Waals surface area (Å²) in [5, 5.41) is 25.4.